The number of ether oxygens (including phenoxy) is 2. The lowest BCUT2D eigenvalue weighted by atomic mass is 10.0. The van der Waals surface area contributed by atoms with E-state index in [9.17, 15) is 9.50 Å². The Bertz CT molecular complexity index is 854. The summed E-state index contributed by atoms with van der Waals surface area (Å²) < 4.78 is 24.2. The number of aromatic hydroxyl groups is 1. The molecule has 3 N–H and O–H groups in total. The summed E-state index contributed by atoms with van der Waals surface area (Å²) in [6.45, 7) is 6.60. The number of phenols is 1. The molecule has 7 nitrogen and oxygen atoms in total. The Morgan fingerprint density at radius 1 is 1.19 bits per heavy atom. The van der Waals surface area contributed by atoms with E-state index in [4.69, 9.17) is 9.47 Å². The van der Waals surface area contributed by atoms with Crippen LogP contribution in [0.5, 0.6) is 11.5 Å². The number of rotatable bonds is 8. The zero-order valence-corrected chi connectivity index (χ0v) is 18.1. The van der Waals surface area contributed by atoms with E-state index in [0.29, 0.717) is 50.1 Å². The Kier molecular flexibility index (Phi) is 8.49. The van der Waals surface area contributed by atoms with Gasteiger partial charge in [-0.1, -0.05) is 12.1 Å². The molecule has 2 aromatic rings. The minimum atomic E-state index is -0.245. The minimum absolute atomic E-state index is 0.0542. The SMILES string of the molecule is CCNC(=NCc1cc(OC)ccc1O)NCC(c1ccc(F)cc1)N1CCOCC1. The second-order valence-corrected chi connectivity index (χ2v) is 7.29. The predicted octanol–water partition coefficient (Wildman–Crippen LogP) is 2.67. The Morgan fingerprint density at radius 2 is 1.94 bits per heavy atom. The smallest absolute Gasteiger partial charge is 0.191 e. The van der Waals surface area contributed by atoms with Crippen molar-refractivity contribution in [2.45, 2.75) is 19.5 Å². The number of hydrogen-bond acceptors (Lipinski definition) is 5. The molecule has 2 aromatic carbocycles. The standard InChI is InChI=1S/C23H31FN4O3/c1-3-25-23(26-15-18-14-20(30-2)8-9-22(18)29)27-16-21(28-10-12-31-13-11-28)17-4-6-19(24)7-5-17/h4-9,14,21,29H,3,10-13,15-16H2,1-2H3,(H2,25,26,27). The van der Waals surface area contributed by atoms with Gasteiger partial charge in [-0.3, -0.25) is 4.90 Å². The lowest BCUT2D eigenvalue weighted by Crippen LogP contribution is -2.46. The monoisotopic (exact) mass is 430 g/mol. The Labute approximate surface area is 182 Å². The highest BCUT2D eigenvalue weighted by Gasteiger charge is 2.23. The largest absolute Gasteiger partial charge is 0.508 e. The molecule has 0 spiro atoms. The van der Waals surface area contributed by atoms with Crippen molar-refractivity contribution < 1.29 is 19.0 Å². The number of nitrogens with zero attached hydrogens (tertiary/aromatic N) is 2. The third kappa shape index (κ3) is 6.57. The first kappa shape index (κ1) is 22.8. The molecule has 0 amide bonds. The molecule has 1 aliphatic rings. The van der Waals surface area contributed by atoms with Crippen LogP contribution < -0.4 is 15.4 Å². The maximum atomic E-state index is 13.4. The molecular weight excluding hydrogens is 399 g/mol. The van der Waals surface area contributed by atoms with Crippen molar-refractivity contribution in [1.29, 1.82) is 0 Å². The van der Waals surface area contributed by atoms with Gasteiger partial charge in [0.05, 0.1) is 32.9 Å². The fraction of sp³-hybridized carbons (Fsp3) is 0.435. The van der Waals surface area contributed by atoms with Gasteiger partial charge in [0.25, 0.3) is 0 Å². The highest BCUT2D eigenvalue weighted by atomic mass is 19.1. The number of hydrogen-bond donors (Lipinski definition) is 3. The van der Waals surface area contributed by atoms with Crippen LogP contribution in [0.2, 0.25) is 0 Å². The second-order valence-electron chi connectivity index (χ2n) is 7.29. The fourth-order valence-electron chi connectivity index (χ4n) is 3.55. The van der Waals surface area contributed by atoms with E-state index in [-0.39, 0.29) is 17.6 Å². The van der Waals surface area contributed by atoms with E-state index in [1.54, 1.807) is 25.3 Å². The third-order valence-corrected chi connectivity index (χ3v) is 5.24. The number of methoxy groups -OCH3 is 1. The highest BCUT2D eigenvalue weighted by Crippen LogP contribution is 2.24. The number of phenolic OH excluding ortho intramolecular Hbond substituents is 1. The molecule has 0 saturated carbocycles. The summed E-state index contributed by atoms with van der Waals surface area (Å²) in [7, 11) is 1.59. The first-order chi connectivity index (χ1) is 15.1. The molecule has 3 rings (SSSR count). The zero-order valence-electron chi connectivity index (χ0n) is 18.1. The topological polar surface area (TPSA) is 78.4 Å². The van der Waals surface area contributed by atoms with Gasteiger partial charge in [-0.25, -0.2) is 9.38 Å². The van der Waals surface area contributed by atoms with Crippen LogP contribution in [0.4, 0.5) is 4.39 Å². The van der Waals surface area contributed by atoms with Crippen LogP contribution in [0.3, 0.4) is 0 Å². The van der Waals surface area contributed by atoms with Gasteiger partial charge in [-0.2, -0.15) is 0 Å². The summed E-state index contributed by atoms with van der Waals surface area (Å²) >= 11 is 0. The van der Waals surface area contributed by atoms with Crippen LogP contribution in [0, 0.1) is 5.82 Å². The summed E-state index contributed by atoms with van der Waals surface area (Å²) in [6.07, 6.45) is 0. The number of morpholine rings is 1. The molecule has 31 heavy (non-hydrogen) atoms. The van der Waals surface area contributed by atoms with Crippen molar-refractivity contribution in [3.05, 3.63) is 59.4 Å². The van der Waals surface area contributed by atoms with E-state index < -0.39 is 0 Å². The molecule has 1 atom stereocenters. The molecule has 1 unspecified atom stereocenters. The highest BCUT2D eigenvalue weighted by molar-refractivity contribution is 5.79. The van der Waals surface area contributed by atoms with Gasteiger partial charge < -0.3 is 25.2 Å². The minimum Gasteiger partial charge on any atom is -0.508 e. The summed E-state index contributed by atoms with van der Waals surface area (Å²) in [5.41, 5.74) is 1.72. The van der Waals surface area contributed by atoms with Crippen LogP contribution in [-0.2, 0) is 11.3 Å². The molecule has 0 aromatic heterocycles. The van der Waals surface area contributed by atoms with Crippen molar-refractivity contribution >= 4 is 5.96 Å². The number of aliphatic imine (C=N–C) groups is 1. The zero-order chi connectivity index (χ0) is 22.1. The molecular formula is C23H31FN4O3. The second kappa shape index (κ2) is 11.5. The van der Waals surface area contributed by atoms with E-state index in [1.807, 2.05) is 19.1 Å². The van der Waals surface area contributed by atoms with Gasteiger partial charge in [0, 0.05) is 31.7 Å². The van der Waals surface area contributed by atoms with Crippen LogP contribution in [0.15, 0.2) is 47.5 Å². The molecule has 0 aliphatic carbocycles. The van der Waals surface area contributed by atoms with Crippen molar-refractivity contribution in [3.63, 3.8) is 0 Å². The van der Waals surface area contributed by atoms with Gasteiger partial charge in [0.15, 0.2) is 5.96 Å². The maximum Gasteiger partial charge on any atom is 0.191 e. The van der Waals surface area contributed by atoms with E-state index in [0.717, 1.165) is 18.7 Å². The van der Waals surface area contributed by atoms with Crippen LogP contribution in [0.1, 0.15) is 24.1 Å². The average Bonchev–Trinajstić information content (AvgIpc) is 2.80. The summed E-state index contributed by atoms with van der Waals surface area (Å²) in [5, 5.41) is 16.8. The summed E-state index contributed by atoms with van der Waals surface area (Å²) in [5.74, 6) is 1.25. The number of benzene rings is 2. The maximum absolute atomic E-state index is 13.4. The molecule has 8 heteroatoms. The molecule has 0 bridgehead atoms. The van der Waals surface area contributed by atoms with E-state index in [1.165, 1.54) is 12.1 Å². The lowest BCUT2D eigenvalue weighted by molar-refractivity contribution is 0.0170. The molecule has 1 saturated heterocycles. The van der Waals surface area contributed by atoms with E-state index >= 15 is 0 Å². The number of nitrogens with one attached hydrogen (secondary N) is 2. The van der Waals surface area contributed by atoms with Gasteiger partial charge in [-0.15, -0.1) is 0 Å². The van der Waals surface area contributed by atoms with Gasteiger partial charge in [-0.05, 0) is 42.8 Å². The molecule has 0 radical (unpaired) electrons. The third-order valence-electron chi connectivity index (χ3n) is 5.24. The van der Waals surface area contributed by atoms with Gasteiger partial charge in [0.2, 0.25) is 0 Å². The van der Waals surface area contributed by atoms with Gasteiger partial charge in [0.1, 0.15) is 17.3 Å². The Hall–Kier alpha value is -2.84. The van der Waals surface area contributed by atoms with Crippen molar-refractivity contribution in [2.75, 3.05) is 46.5 Å². The van der Waals surface area contributed by atoms with Crippen LogP contribution >= 0.6 is 0 Å². The first-order valence-electron chi connectivity index (χ1n) is 10.6. The van der Waals surface area contributed by atoms with Crippen LogP contribution in [-0.4, -0.2) is 62.5 Å². The fourth-order valence-corrected chi connectivity index (χ4v) is 3.55. The predicted molar refractivity (Wildman–Crippen MR) is 119 cm³/mol. The summed E-state index contributed by atoms with van der Waals surface area (Å²) in [6, 6.07) is 11.8. The number of halogens is 1. The molecule has 1 aliphatic heterocycles. The molecule has 1 heterocycles. The lowest BCUT2D eigenvalue weighted by Gasteiger charge is -2.35. The van der Waals surface area contributed by atoms with Gasteiger partial charge >= 0.3 is 0 Å². The van der Waals surface area contributed by atoms with E-state index in [2.05, 4.69) is 20.5 Å². The van der Waals surface area contributed by atoms with Crippen molar-refractivity contribution in [1.82, 2.24) is 15.5 Å². The number of guanidine groups is 1. The first-order valence-corrected chi connectivity index (χ1v) is 10.6. The van der Waals surface area contributed by atoms with Crippen molar-refractivity contribution in [2.24, 2.45) is 4.99 Å². The molecule has 168 valence electrons. The molecule has 1 fully saturated rings. The average molecular weight is 431 g/mol. The Balaban J connectivity index is 1.73. The summed E-state index contributed by atoms with van der Waals surface area (Å²) in [4.78, 5) is 6.96. The van der Waals surface area contributed by atoms with Crippen LogP contribution in [0.25, 0.3) is 0 Å². The Morgan fingerprint density at radius 3 is 2.61 bits per heavy atom. The quantitative estimate of drug-likeness (QED) is 0.442. The normalized spacial score (nSPS) is 16.0. The van der Waals surface area contributed by atoms with Crippen molar-refractivity contribution in [3.8, 4) is 11.5 Å².